The number of anilines is 1. The van der Waals surface area contributed by atoms with Crippen LogP contribution in [0, 0.1) is 0 Å². The Bertz CT molecular complexity index is 1200. The molecule has 0 radical (unpaired) electrons. The summed E-state index contributed by atoms with van der Waals surface area (Å²) in [7, 11) is -1.99. The summed E-state index contributed by atoms with van der Waals surface area (Å²) in [4.78, 5) is 12.5. The molecule has 4 rings (SSSR count). The van der Waals surface area contributed by atoms with Crippen LogP contribution in [0.2, 0.25) is 0 Å². The van der Waals surface area contributed by atoms with Gasteiger partial charge in [0.1, 0.15) is 18.1 Å². The van der Waals surface area contributed by atoms with Crippen molar-refractivity contribution in [3.8, 4) is 11.5 Å². The molecule has 1 amide bonds. The summed E-state index contributed by atoms with van der Waals surface area (Å²) in [5.41, 5.74) is 0.681. The lowest BCUT2D eigenvalue weighted by molar-refractivity contribution is -0.121. The van der Waals surface area contributed by atoms with Crippen molar-refractivity contribution in [3.63, 3.8) is 0 Å². The fourth-order valence-electron chi connectivity index (χ4n) is 3.72. The Kier molecular flexibility index (Phi) is 5.99. The summed E-state index contributed by atoms with van der Waals surface area (Å²) in [5.74, 6) is 1.24. The van der Waals surface area contributed by atoms with E-state index in [0.717, 1.165) is 10.8 Å². The third-order valence-electron chi connectivity index (χ3n) is 5.18. The van der Waals surface area contributed by atoms with Crippen LogP contribution in [-0.4, -0.2) is 41.1 Å². The maximum atomic E-state index is 12.9. The standard InChI is InChI=1S/C23H24N2O5S/c1-29-18-8-4-9-19(16-18)30-15-13-24-22(26)12-5-14-25-20-10-2-6-17-7-3-11-21(23(17)20)31(25,27)28/h2-4,6-11,16H,5,12-15H2,1H3,(H,24,26). The van der Waals surface area contributed by atoms with Crippen molar-refractivity contribution in [1.29, 1.82) is 0 Å². The van der Waals surface area contributed by atoms with E-state index < -0.39 is 10.0 Å². The highest BCUT2D eigenvalue weighted by molar-refractivity contribution is 7.93. The molecular weight excluding hydrogens is 416 g/mol. The number of hydrogen-bond donors (Lipinski definition) is 1. The van der Waals surface area contributed by atoms with Crippen LogP contribution < -0.4 is 19.1 Å². The van der Waals surface area contributed by atoms with Gasteiger partial charge in [0.2, 0.25) is 5.91 Å². The first-order valence-electron chi connectivity index (χ1n) is 10.1. The Balaban J connectivity index is 1.26. The molecule has 8 heteroatoms. The molecule has 0 bridgehead atoms. The zero-order chi connectivity index (χ0) is 21.8. The lowest BCUT2D eigenvalue weighted by atomic mass is 10.1. The van der Waals surface area contributed by atoms with Crippen LogP contribution in [0.1, 0.15) is 12.8 Å². The molecule has 7 nitrogen and oxygen atoms in total. The van der Waals surface area contributed by atoms with Gasteiger partial charge < -0.3 is 14.8 Å². The quantitative estimate of drug-likeness (QED) is 0.516. The summed E-state index contributed by atoms with van der Waals surface area (Å²) in [5, 5.41) is 4.45. The highest BCUT2D eigenvalue weighted by Gasteiger charge is 2.34. The second-order valence-corrected chi connectivity index (χ2v) is 9.02. The van der Waals surface area contributed by atoms with Crippen molar-refractivity contribution < 1.29 is 22.7 Å². The Labute approximate surface area is 181 Å². The summed E-state index contributed by atoms with van der Waals surface area (Å²) in [6.07, 6.45) is 0.656. The van der Waals surface area contributed by atoms with Crippen molar-refractivity contribution in [1.82, 2.24) is 5.32 Å². The molecule has 0 saturated carbocycles. The number of hydrogen-bond acceptors (Lipinski definition) is 5. The van der Waals surface area contributed by atoms with Gasteiger partial charge in [0.05, 0.1) is 24.2 Å². The molecule has 0 aromatic heterocycles. The van der Waals surface area contributed by atoms with Gasteiger partial charge in [-0.1, -0.05) is 30.3 Å². The van der Waals surface area contributed by atoms with E-state index in [-0.39, 0.29) is 18.9 Å². The largest absolute Gasteiger partial charge is 0.497 e. The zero-order valence-electron chi connectivity index (χ0n) is 17.2. The molecule has 1 N–H and O–H groups in total. The number of benzene rings is 3. The SMILES string of the molecule is COc1cccc(OCCNC(=O)CCCN2c3cccc4cccc(c34)S2(=O)=O)c1. The Morgan fingerprint density at radius 3 is 2.58 bits per heavy atom. The van der Waals surface area contributed by atoms with E-state index >= 15 is 0 Å². The van der Waals surface area contributed by atoms with Gasteiger partial charge in [0.15, 0.2) is 0 Å². The van der Waals surface area contributed by atoms with E-state index in [1.807, 2.05) is 42.5 Å². The van der Waals surface area contributed by atoms with Crippen LogP contribution in [0.4, 0.5) is 5.69 Å². The van der Waals surface area contributed by atoms with Crippen molar-refractivity contribution >= 4 is 32.4 Å². The smallest absolute Gasteiger partial charge is 0.265 e. The van der Waals surface area contributed by atoms with Crippen LogP contribution in [0.5, 0.6) is 11.5 Å². The molecular formula is C23H24N2O5S. The highest BCUT2D eigenvalue weighted by atomic mass is 32.2. The number of carbonyl (C=O) groups excluding carboxylic acids is 1. The summed E-state index contributed by atoms with van der Waals surface area (Å²) in [6.45, 7) is 0.948. The first kappa shape index (κ1) is 21.0. The van der Waals surface area contributed by atoms with Gasteiger partial charge >= 0.3 is 0 Å². The third kappa shape index (κ3) is 4.29. The molecule has 1 aliphatic heterocycles. The lowest BCUT2D eigenvalue weighted by Crippen LogP contribution is -2.31. The van der Waals surface area contributed by atoms with E-state index in [0.29, 0.717) is 41.7 Å². The maximum absolute atomic E-state index is 12.9. The monoisotopic (exact) mass is 440 g/mol. The second-order valence-electron chi connectivity index (χ2n) is 7.19. The molecule has 31 heavy (non-hydrogen) atoms. The number of methoxy groups -OCH3 is 1. The van der Waals surface area contributed by atoms with Crippen LogP contribution in [0.25, 0.3) is 10.8 Å². The first-order chi connectivity index (χ1) is 15.0. The number of nitrogens with zero attached hydrogens (tertiary/aromatic N) is 1. The fraction of sp³-hybridized carbons (Fsp3) is 0.261. The van der Waals surface area contributed by atoms with E-state index in [2.05, 4.69) is 5.32 Å². The zero-order valence-corrected chi connectivity index (χ0v) is 18.0. The van der Waals surface area contributed by atoms with Crippen LogP contribution in [0.3, 0.4) is 0 Å². The van der Waals surface area contributed by atoms with Gasteiger partial charge in [-0.2, -0.15) is 0 Å². The number of amides is 1. The van der Waals surface area contributed by atoms with Gasteiger partial charge in [0, 0.05) is 24.4 Å². The number of rotatable bonds is 9. The van der Waals surface area contributed by atoms with Crippen molar-refractivity contribution in [2.75, 3.05) is 31.1 Å². The minimum absolute atomic E-state index is 0.137. The van der Waals surface area contributed by atoms with E-state index in [4.69, 9.17) is 9.47 Å². The molecule has 0 atom stereocenters. The molecule has 0 aliphatic carbocycles. The highest BCUT2D eigenvalue weighted by Crippen LogP contribution is 2.41. The number of sulfonamides is 1. The minimum atomic E-state index is -3.58. The van der Waals surface area contributed by atoms with Crippen molar-refractivity contribution in [2.45, 2.75) is 17.7 Å². The Morgan fingerprint density at radius 1 is 1.03 bits per heavy atom. The summed E-state index contributed by atoms with van der Waals surface area (Å²) >= 11 is 0. The fourth-order valence-corrected chi connectivity index (χ4v) is 5.47. The van der Waals surface area contributed by atoms with Gasteiger partial charge in [0.25, 0.3) is 10.0 Å². The van der Waals surface area contributed by atoms with E-state index in [9.17, 15) is 13.2 Å². The number of ether oxygens (including phenoxy) is 2. The molecule has 0 saturated heterocycles. The van der Waals surface area contributed by atoms with Crippen LogP contribution in [-0.2, 0) is 14.8 Å². The number of nitrogens with one attached hydrogen (secondary N) is 1. The molecule has 0 unspecified atom stereocenters. The first-order valence-corrected chi connectivity index (χ1v) is 11.5. The molecule has 0 spiro atoms. The average molecular weight is 441 g/mol. The van der Waals surface area contributed by atoms with E-state index in [1.165, 1.54) is 4.31 Å². The molecule has 3 aromatic carbocycles. The molecule has 162 valence electrons. The molecule has 1 heterocycles. The molecule has 0 fully saturated rings. The van der Waals surface area contributed by atoms with Crippen LogP contribution in [0.15, 0.2) is 65.6 Å². The Hall–Kier alpha value is -3.26. The minimum Gasteiger partial charge on any atom is -0.497 e. The molecule has 1 aliphatic rings. The normalized spacial score (nSPS) is 13.9. The van der Waals surface area contributed by atoms with Crippen molar-refractivity contribution in [3.05, 3.63) is 60.7 Å². The Morgan fingerprint density at radius 2 is 1.77 bits per heavy atom. The summed E-state index contributed by atoms with van der Waals surface area (Å²) in [6, 6.07) is 18.1. The summed E-state index contributed by atoms with van der Waals surface area (Å²) < 4.78 is 38.0. The second kappa shape index (κ2) is 8.85. The van der Waals surface area contributed by atoms with Gasteiger partial charge in [-0.25, -0.2) is 8.42 Å². The van der Waals surface area contributed by atoms with E-state index in [1.54, 1.807) is 25.3 Å². The van der Waals surface area contributed by atoms with Gasteiger partial charge in [-0.3, -0.25) is 9.10 Å². The maximum Gasteiger partial charge on any atom is 0.265 e. The lowest BCUT2D eigenvalue weighted by Gasteiger charge is -2.18. The predicted molar refractivity (Wildman–Crippen MR) is 119 cm³/mol. The topological polar surface area (TPSA) is 84.9 Å². The third-order valence-corrected chi connectivity index (χ3v) is 7.04. The number of carbonyl (C=O) groups is 1. The van der Waals surface area contributed by atoms with Gasteiger partial charge in [-0.05, 0) is 36.1 Å². The molecule has 3 aromatic rings. The van der Waals surface area contributed by atoms with Crippen LogP contribution >= 0.6 is 0 Å². The van der Waals surface area contributed by atoms with Gasteiger partial charge in [-0.15, -0.1) is 0 Å². The average Bonchev–Trinajstić information content (AvgIpc) is 3.00. The van der Waals surface area contributed by atoms with Crippen molar-refractivity contribution in [2.24, 2.45) is 0 Å². The predicted octanol–water partition coefficient (Wildman–Crippen LogP) is 3.33.